The van der Waals surface area contributed by atoms with Gasteiger partial charge in [-0.1, -0.05) is 0 Å². The highest BCUT2D eigenvalue weighted by atomic mass is 19.4. The summed E-state index contributed by atoms with van der Waals surface area (Å²) in [5.41, 5.74) is 0. The van der Waals surface area contributed by atoms with Crippen molar-refractivity contribution in [2.45, 2.75) is 6.92 Å². The molecule has 1 N–H and O–H groups in total. The molecule has 0 saturated heterocycles. The van der Waals surface area contributed by atoms with Crippen molar-refractivity contribution < 1.29 is 12.9 Å². The molecule has 0 aromatic carbocycles. The smallest absolute Gasteiger partial charge is 0.349 e. The number of aryl methyl sites for hydroxylation is 1. The van der Waals surface area contributed by atoms with E-state index < -0.39 is 7.54 Å². The fourth-order valence-corrected chi connectivity index (χ4v) is 0.344. The molecule has 0 bridgehead atoms. The van der Waals surface area contributed by atoms with Crippen LogP contribution in [0.25, 0.3) is 0 Å². The third kappa shape index (κ3) is 7.06. The van der Waals surface area contributed by atoms with Crippen LogP contribution in [0.3, 0.4) is 0 Å². The average molecular weight is 150 g/mol. The summed E-state index contributed by atoms with van der Waals surface area (Å²) in [6, 6.07) is 0. The molecule has 10 heavy (non-hydrogen) atoms. The normalized spacial score (nSPS) is 8.00. The van der Waals surface area contributed by atoms with Crippen molar-refractivity contribution in [3.63, 3.8) is 0 Å². The van der Waals surface area contributed by atoms with Gasteiger partial charge in [0.2, 0.25) is 0 Å². The second-order valence-corrected chi connectivity index (χ2v) is 1.42. The van der Waals surface area contributed by atoms with Gasteiger partial charge in [-0.25, -0.2) is 4.98 Å². The second kappa shape index (κ2) is 4.90. The number of aromatic amines is 1. The average Bonchev–Trinajstić information content (AvgIpc) is 2.15. The van der Waals surface area contributed by atoms with E-state index in [4.69, 9.17) is 0 Å². The molecule has 2 nitrogen and oxygen atoms in total. The Bertz CT molecular complexity index is 151. The molecular formula is C4H6BF3N2. The Labute approximate surface area is 56.7 Å². The summed E-state index contributed by atoms with van der Waals surface area (Å²) >= 11 is 0. The summed E-state index contributed by atoms with van der Waals surface area (Å²) in [4.78, 5) is 6.75. The summed E-state index contributed by atoms with van der Waals surface area (Å²) in [5.74, 6) is 0.968. The van der Waals surface area contributed by atoms with Crippen LogP contribution in [0, 0.1) is 6.92 Å². The molecule has 0 atom stereocenters. The summed E-state index contributed by atoms with van der Waals surface area (Å²) in [6.07, 6.45) is 3.53. The van der Waals surface area contributed by atoms with Crippen LogP contribution >= 0.6 is 0 Å². The lowest BCUT2D eigenvalue weighted by molar-refractivity contribution is 0.535. The van der Waals surface area contributed by atoms with Crippen LogP contribution in [0.5, 0.6) is 0 Å². The third-order valence-corrected chi connectivity index (χ3v) is 0.635. The van der Waals surface area contributed by atoms with Crippen LogP contribution in [0.4, 0.5) is 12.9 Å². The van der Waals surface area contributed by atoms with Crippen molar-refractivity contribution in [3.05, 3.63) is 18.2 Å². The maximum Gasteiger partial charge on any atom is 0.762 e. The molecule has 0 aliphatic carbocycles. The zero-order valence-corrected chi connectivity index (χ0v) is 5.31. The minimum atomic E-state index is -3.67. The molecule has 0 fully saturated rings. The van der Waals surface area contributed by atoms with Crippen molar-refractivity contribution in [2.75, 3.05) is 0 Å². The van der Waals surface area contributed by atoms with Crippen LogP contribution in [0.1, 0.15) is 5.82 Å². The molecule has 1 aromatic rings. The van der Waals surface area contributed by atoms with Gasteiger partial charge < -0.3 is 4.98 Å². The first kappa shape index (κ1) is 9.06. The van der Waals surface area contributed by atoms with Crippen LogP contribution in [0.15, 0.2) is 12.4 Å². The molecule has 0 spiro atoms. The maximum atomic E-state index is 9.67. The van der Waals surface area contributed by atoms with Crippen LogP contribution in [-0.4, -0.2) is 17.5 Å². The number of hydrogen-bond donors (Lipinski definition) is 1. The van der Waals surface area contributed by atoms with E-state index in [9.17, 15) is 12.9 Å². The number of imidazole rings is 1. The Morgan fingerprint density at radius 1 is 1.50 bits per heavy atom. The molecule has 0 amide bonds. The predicted octanol–water partition coefficient (Wildman–Crippen LogP) is 1.60. The number of nitrogens with one attached hydrogen (secondary N) is 1. The van der Waals surface area contributed by atoms with Gasteiger partial charge in [0.25, 0.3) is 0 Å². The minimum absolute atomic E-state index is 0.968. The fraction of sp³-hybridized carbons (Fsp3) is 0.250. The van der Waals surface area contributed by atoms with Gasteiger partial charge in [0, 0.05) is 12.4 Å². The first-order chi connectivity index (χ1) is 4.63. The van der Waals surface area contributed by atoms with Crippen molar-refractivity contribution in [1.29, 1.82) is 0 Å². The Balaban J connectivity index is 0.000000180. The zero-order valence-electron chi connectivity index (χ0n) is 5.31. The Hall–Kier alpha value is -0.935. The lowest BCUT2D eigenvalue weighted by Crippen LogP contribution is -1.76. The fourth-order valence-electron chi connectivity index (χ4n) is 0.344. The standard InChI is InChI=1S/C4H6N2.BF3/c1-4-5-2-3-6-4;2-1(3)4/h2-3H,1H3,(H,5,6);. The van der Waals surface area contributed by atoms with Crippen molar-refractivity contribution in [3.8, 4) is 0 Å². The van der Waals surface area contributed by atoms with E-state index in [1.807, 2.05) is 6.92 Å². The molecule has 0 unspecified atom stereocenters. The first-order valence-corrected chi connectivity index (χ1v) is 2.51. The molecule has 6 heteroatoms. The topological polar surface area (TPSA) is 28.7 Å². The Morgan fingerprint density at radius 2 is 2.00 bits per heavy atom. The molecule has 0 saturated carbocycles. The van der Waals surface area contributed by atoms with Gasteiger partial charge in [-0.3, -0.25) is 12.9 Å². The third-order valence-electron chi connectivity index (χ3n) is 0.635. The summed E-state index contributed by atoms with van der Waals surface area (Å²) in [7, 11) is -3.67. The monoisotopic (exact) mass is 150 g/mol. The van der Waals surface area contributed by atoms with Crippen molar-refractivity contribution >= 4 is 7.54 Å². The minimum Gasteiger partial charge on any atom is -0.349 e. The highest BCUT2D eigenvalue weighted by Gasteiger charge is 2.06. The van der Waals surface area contributed by atoms with Crippen LogP contribution in [-0.2, 0) is 0 Å². The number of H-pyrrole nitrogens is 1. The van der Waals surface area contributed by atoms with Gasteiger partial charge in [0.05, 0.1) is 0 Å². The van der Waals surface area contributed by atoms with E-state index in [0.717, 1.165) is 5.82 Å². The Morgan fingerprint density at radius 3 is 2.10 bits per heavy atom. The summed E-state index contributed by atoms with van der Waals surface area (Å²) < 4.78 is 29.0. The van der Waals surface area contributed by atoms with Gasteiger partial charge >= 0.3 is 7.54 Å². The number of halogens is 3. The van der Waals surface area contributed by atoms with E-state index in [-0.39, 0.29) is 0 Å². The van der Waals surface area contributed by atoms with Crippen LogP contribution in [0.2, 0.25) is 0 Å². The molecule has 1 heterocycles. The lowest BCUT2D eigenvalue weighted by Gasteiger charge is -1.68. The molecule has 1 aromatic heterocycles. The van der Waals surface area contributed by atoms with Crippen molar-refractivity contribution in [1.82, 2.24) is 9.97 Å². The van der Waals surface area contributed by atoms with Crippen LogP contribution < -0.4 is 0 Å². The molecule has 0 aliphatic rings. The quantitative estimate of drug-likeness (QED) is 0.559. The SMILES string of the molecule is Cc1ncc[nH]1.FB(F)F. The Kier molecular flexibility index (Phi) is 4.44. The first-order valence-electron chi connectivity index (χ1n) is 2.51. The number of rotatable bonds is 0. The molecular weight excluding hydrogens is 144 g/mol. The van der Waals surface area contributed by atoms with Gasteiger partial charge in [0.1, 0.15) is 5.82 Å². The molecule has 0 radical (unpaired) electrons. The van der Waals surface area contributed by atoms with Gasteiger partial charge in [-0.05, 0) is 6.92 Å². The maximum absolute atomic E-state index is 9.67. The van der Waals surface area contributed by atoms with Gasteiger partial charge in [-0.15, -0.1) is 0 Å². The van der Waals surface area contributed by atoms with E-state index >= 15 is 0 Å². The number of nitrogens with zero attached hydrogens (tertiary/aromatic N) is 1. The van der Waals surface area contributed by atoms with E-state index in [1.165, 1.54) is 0 Å². The van der Waals surface area contributed by atoms with E-state index in [1.54, 1.807) is 12.4 Å². The number of aromatic nitrogens is 2. The highest BCUT2D eigenvalue weighted by Crippen LogP contribution is 1.80. The van der Waals surface area contributed by atoms with Gasteiger partial charge in [0.15, 0.2) is 0 Å². The van der Waals surface area contributed by atoms with Gasteiger partial charge in [-0.2, -0.15) is 0 Å². The second-order valence-electron chi connectivity index (χ2n) is 1.42. The van der Waals surface area contributed by atoms with Crippen molar-refractivity contribution in [2.24, 2.45) is 0 Å². The van der Waals surface area contributed by atoms with E-state index in [0.29, 0.717) is 0 Å². The zero-order chi connectivity index (χ0) is 7.98. The molecule has 56 valence electrons. The molecule has 1 rings (SSSR count). The summed E-state index contributed by atoms with van der Waals surface area (Å²) in [5, 5.41) is 0. The van der Waals surface area contributed by atoms with E-state index in [2.05, 4.69) is 9.97 Å². The summed E-state index contributed by atoms with van der Waals surface area (Å²) in [6.45, 7) is 1.92. The lowest BCUT2D eigenvalue weighted by atomic mass is 10.5. The predicted molar refractivity (Wildman–Crippen MR) is 32.4 cm³/mol. The number of hydrogen-bond acceptors (Lipinski definition) is 1. The highest BCUT2D eigenvalue weighted by molar-refractivity contribution is 6.33. The largest absolute Gasteiger partial charge is 0.762 e. The molecule has 0 aliphatic heterocycles.